The number of carboxylic acid groups (broad SMARTS) is 1. The highest BCUT2D eigenvalue weighted by atomic mass is 32.2. The van der Waals surface area contributed by atoms with Crippen molar-refractivity contribution in [1.29, 1.82) is 0 Å². The van der Waals surface area contributed by atoms with Gasteiger partial charge >= 0.3 is 5.97 Å². The second-order valence-corrected chi connectivity index (χ2v) is 7.86. The third-order valence-corrected chi connectivity index (χ3v) is 5.18. The maximum Gasteiger partial charge on any atom is 0.321 e. The Kier molecular flexibility index (Phi) is 5.77. The summed E-state index contributed by atoms with van der Waals surface area (Å²) in [7, 11) is -3.91. The predicted molar refractivity (Wildman–Crippen MR) is 82.5 cm³/mol. The average Bonchev–Trinajstić information content (AvgIpc) is 2.97. The first kappa shape index (κ1) is 17.9. The van der Waals surface area contributed by atoms with Gasteiger partial charge in [0.15, 0.2) is 0 Å². The molecule has 8 nitrogen and oxygen atoms in total. The van der Waals surface area contributed by atoms with Gasteiger partial charge in [-0.3, -0.25) is 9.48 Å². The minimum absolute atomic E-state index is 0.0148. The Labute approximate surface area is 135 Å². The van der Waals surface area contributed by atoms with E-state index < -0.39 is 22.0 Å². The molecule has 1 saturated heterocycles. The molecule has 0 aliphatic carbocycles. The third-order valence-electron chi connectivity index (χ3n) is 3.76. The van der Waals surface area contributed by atoms with Gasteiger partial charge in [0.05, 0.1) is 12.2 Å². The van der Waals surface area contributed by atoms with Crippen molar-refractivity contribution in [3.05, 3.63) is 12.4 Å². The summed E-state index contributed by atoms with van der Waals surface area (Å²) in [4.78, 5) is 11.2. The lowest BCUT2D eigenvalue weighted by Crippen LogP contribution is -2.41. The molecule has 1 aromatic rings. The Morgan fingerprint density at radius 3 is 2.70 bits per heavy atom. The fourth-order valence-corrected chi connectivity index (χ4v) is 3.68. The molecule has 2 N–H and O–H groups in total. The summed E-state index contributed by atoms with van der Waals surface area (Å²) >= 11 is 0. The van der Waals surface area contributed by atoms with Crippen molar-refractivity contribution < 1.29 is 23.1 Å². The summed E-state index contributed by atoms with van der Waals surface area (Å²) in [5, 5.41) is 13.3. The van der Waals surface area contributed by atoms with Crippen LogP contribution in [0.4, 0.5) is 0 Å². The van der Waals surface area contributed by atoms with Crippen molar-refractivity contribution in [1.82, 2.24) is 14.5 Å². The van der Waals surface area contributed by atoms with Crippen LogP contribution in [0.2, 0.25) is 0 Å². The highest BCUT2D eigenvalue weighted by molar-refractivity contribution is 7.89. The molecule has 0 radical (unpaired) electrons. The minimum atomic E-state index is -3.91. The molecule has 0 unspecified atom stereocenters. The summed E-state index contributed by atoms with van der Waals surface area (Å²) in [5.74, 6) is -1.12. The monoisotopic (exact) mass is 345 g/mol. The molecule has 130 valence electrons. The van der Waals surface area contributed by atoms with E-state index in [0.717, 1.165) is 12.8 Å². The van der Waals surface area contributed by atoms with Crippen molar-refractivity contribution in [2.24, 2.45) is 5.92 Å². The molecule has 1 aromatic heterocycles. The lowest BCUT2D eigenvalue weighted by atomic mass is 10.1. The van der Waals surface area contributed by atoms with Crippen molar-refractivity contribution in [2.45, 2.75) is 50.1 Å². The number of hydrogen-bond donors (Lipinski definition) is 2. The fraction of sp³-hybridized carbons (Fsp3) is 0.714. The second-order valence-electron chi connectivity index (χ2n) is 6.14. The Hall–Kier alpha value is -1.45. The molecular formula is C14H23N3O5S. The molecule has 1 fully saturated rings. The van der Waals surface area contributed by atoms with Gasteiger partial charge < -0.3 is 9.84 Å². The van der Waals surface area contributed by atoms with Crippen LogP contribution in [0.15, 0.2) is 17.3 Å². The lowest BCUT2D eigenvalue weighted by Gasteiger charge is -2.22. The largest absolute Gasteiger partial charge is 0.480 e. The van der Waals surface area contributed by atoms with Gasteiger partial charge in [0.25, 0.3) is 0 Å². The van der Waals surface area contributed by atoms with E-state index in [-0.39, 0.29) is 23.3 Å². The number of hydrogen-bond acceptors (Lipinski definition) is 5. The van der Waals surface area contributed by atoms with Crippen LogP contribution in [-0.2, 0) is 19.6 Å². The van der Waals surface area contributed by atoms with Gasteiger partial charge in [0.2, 0.25) is 10.0 Å². The highest BCUT2D eigenvalue weighted by Gasteiger charge is 2.28. The molecule has 1 aliphatic heterocycles. The Bertz CT molecular complexity index is 635. The van der Waals surface area contributed by atoms with E-state index >= 15 is 0 Å². The molecule has 2 rings (SSSR count). The van der Waals surface area contributed by atoms with E-state index in [0.29, 0.717) is 13.2 Å². The molecular weight excluding hydrogens is 322 g/mol. The molecule has 0 aromatic carbocycles. The lowest BCUT2D eigenvalue weighted by molar-refractivity contribution is -0.139. The van der Waals surface area contributed by atoms with Gasteiger partial charge in [-0.2, -0.15) is 9.82 Å². The van der Waals surface area contributed by atoms with Crippen LogP contribution in [0.3, 0.4) is 0 Å². The summed E-state index contributed by atoms with van der Waals surface area (Å²) in [6.07, 6.45) is 4.49. The number of aromatic nitrogens is 2. The van der Waals surface area contributed by atoms with E-state index in [2.05, 4.69) is 9.82 Å². The van der Waals surface area contributed by atoms with Crippen LogP contribution >= 0.6 is 0 Å². The van der Waals surface area contributed by atoms with Gasteiger partial charge in [-0.05, 0) is 25.2 Å². The normalized spacial score (nSPS) is 18.2. The molecule has 0 saturated carbocycles. The molecule has 0 bridgehead atoms. The number of sulfonamides is 1. The topological polar surface area (TPSA) is 111 Å². The predicted octanol–water partition coefficient (Wildman–Crippen LogP) is 1.01. The summed E-state index contributed by atoms with van der Waals surface area (Å²) in [6, 6.07) is -1.04. The zero-order chi connectivity index (χ0) is 17.0. The first-order valence-corrected chi connectivity index (χ1v) is 9.15. The highest BCUT2D eigenvalue weighted by Crippen LogP contribution is 2.21. The zero-order valence-electron chi connectivity index (χ0n) is 13.3. The van der Waals surface area contributed by atoms with Crippen LogP contribution < -0.4 is 4.72 Å². The number of nitrogens with zero attached hydrogens (tertiary/aromatic N) is 2. The van der Waals surface area contributed by atoms with Crippen LogP contribution in [0, 0.1) is 5.92 Å². The van der Waals surface area contributed by atoms with Crippen molar-refractivity contribution >= 4 is 16.0 Å². The van der Waals surface area contributed by atoms with E-state index in [1.54, 1.807) is 4.68 Å². The second kappa shape index (κ2) is 7.41. The molecule has 1 atom stereocenters. The maximum atomic E-state index is 12.4. The Balaban J connectivity index is 2.12. The molecule has 1 aliphatic rings. The van der Waals surface area contributed by atoms with E-state index in [1.165, 1.54) is 12.4 Å². The van der Waals surface area contributed by atoms with Crippen LogP contribution in [-0.4, -0.2) is 48.5 Å². The number of nitrogens with one attached hydrogen (secondary N) is 1. The number of ether oxygens (including phenoxy) is 1. The minimum Gasteiger partial charge on any atom is -0.480 e. The third kappa shape index (κ3) is 4.76. The van der Waals surface area contributed by atoms with Gasteiger partial charge in [-0.15, -0.1) is 0 Å². The average molecular weight is 345 g/mol. The van der Waals surface area contributed by atoms with Gasteiger partial charge in [0.1, 0.15) is 10.9 Å². The van der Waals surface area contributed by atoms with Crippen LogP contribution in [0.5, 0.6) is 0 Å². The molecule has 23 heavy (non-hydrogen) atoms. The summed E-state index contributed by atoms with van der Waals surface area (Å²) in [6.45, 7) is 4.93. The standard InChI is InChI=1S/C14H23N3O5S/c1-10(2)7-13(14(18)19)16-23(20,21)12-8-15-17(9-12)11-3-5-22-6-4-11/h8-11,13,16H,3-7H2,1-2H3,(H,18,19)/t13-/m1/s1. The van der Waals surface area contributed by atoms with Gasteiger partial charge in [-0.25, -0.2) is 8.42 Å². The number of carbonyl (C=O) groups is 1. The summed E-state index contributed by atoms with van der Waals surface area (Å²) < 4.78 is 33.9. The first-order chi connectivity index (χ1) is 10.8. The maximum absolute atomic E-state index is 12.4. The Morgan fingerprint density at radius 2 is 2.13 bits per heavy atom. The molecule has 2 heterocycles. The Morgan fingerprint density at radius 1 is 1.48 bits per heavy atom. The number of carboxylic acids is 1. The van der Waals surface area contributed by atoms with E-state index in [9.17, 15) is 18.3 Å². The van der Waals surface area contributed by atoms with Gasteiger partial charge in [-0.1, -0.05) is 13.8 Å². The molecule has 0 amide bonds. The van der Waals surface area contributed by atoms with Crippen LogP contribution in [0.25, 0.3) is 0 Å². The first-order valence-electron chi connectivity index (χ1n) is 7.66. The summed E-state index contributed by atoms with van der Waals surface area (Å²) in [5.41, 5.74) is 0. The number of rotatable bonds is 7. The smallest absolute Gasteiger partial charge is 0.321 e. The fourth-order valence-electron chi connectivity index (χ4n) is 2.53. The zero-order valence-corrected chi connectivity index (χ0v) is 14.1. The van der Waals surface area contributed by atoms with Gasteiger partial charge in [0, 0.05) is 19.4 Å². The number of aliphatic carboxylic acids is 1. The van der Waals surface area contributed by atoms with E-state index in [4.69, 9.17) is 4.74 Å². The van der Waals surface area contributed by atoms with Crippen molar-refractivity contribution in [2.75, 3.05) is 13.2 Å². The quantitative estimate of drug-likeness (QED) is 0.763. The van der Waals surface area contributed by atoms with E-state index in [1.807, 2.05) is 13.8 Å². The molecule has 9 heteroatoms. The van der Waals surface area contributed by atoms with Crippen LogP contribution in [0.1, 0.15) is 39.2 Å². The van der Waals surface area contributed by atoms with Crippen molar-refractivity contribution in [3.8, 4) is 0 Å². The molecule has 0 spiro atoms. The SMILES string of the molecule is CC(C)C[C@@H](NS(=O)(=O)c1cnn(C2CCOCC2)c1)C(=O)O. The van der Waals surface area contributed by atoms with Crippen molar-refractivity contribution in [3.63, 3.8) is 0 Å².